The van der Waals surface area contributed by atoms with E-state index in [0.29, 0.717) is 0 Å². The maximum absolute atomic E-state index is 13.2. The van der Waals surface area contributed by atoms with E-state index in [2.05, 4.69) is 0 Å². The van der Waals surface area contributed by atoms with E-state index < -0.39 is 5.67 Å². The van der Waals surface area contributed by atoms with Crippen molar-refractivity contribution in [2.75, 3.05) is 0 Å². The molecule has 0 aromatic heterocycles. The Morgan fingerprint density at radius 1 is 1.40 bits per heavy atom. The summed E-state index contributed by atoms with van der Waals surface area (Å²) in [6.45, 7) is 7.24. The number of hydrogen-bond acceptors (Lipinski definition) is 1. The minimum absolute atomic E-state index is 0.0122. The van der Waals surface area contributed by atoms with Crippen molar-refractivity contribution in [3.8, 4) is 0 Å². The number of halogens is 1. The van der Waals surface area contributed by atoms with Crippen LogP contribution in [0.3, 0.4) is 0 Å². The summed E-state index contributed by atoms with van der Waals surface area (Å²) in [7, 11) is 0. The van der Waals surface area contributed by atoms with E-state index in [0.717, 1.165) is 0 Å². The largest absolute Gasteiger partial charge is 0.327 e. The van der Waals surface area contributed by atoms with Crippen LogP contribution in [0, 0.1) is 11.3 Å². The Kier molecular flexibility index (Phi) is 1.38. The average molecular weight is 145 g/mol. The van der Waals surface area contributed by atoms with Crippen molar-refractivity contribution >= 4 is 0 Å². The molecule has 0 aromatic rings. The summed E-state index contributed by atoms with van der Waals surface area (Å²) in [5, 5.41) is 0. The molecule has 0 radical (unpaired) electrons. The quantitative estimate of drug-likeness (QED) is 0.597. The lowest BCUT2D eigenvalue weighted by molar-refractivity contribution is 0.161. The van der Waals surface area contributed by atoms with E-state index in [-0.39, 0.29) is 17.4 Å². The lowest BCUT2D eigenvalue weighted by Gasteiger charge is -2.14. The Morgan fingerprint density at radius 2 is 1.70 bits per heavy atom. The van der Waals surface area contributed by atoms with Crippen LogP contribution in [0.5, 0.6) is 0 Å². The lowest BCUT2D eigenvalue weighted by atomic mass is 9.98. The van der Waals surface area contributed by atoms with Gasteiger partial charge in [-0.3, -0.25) is 0 Å². The van der Waals surface area contributed by atoms with Crippen LogP contribution in [0.25, 0.3) is 0 Å². The van der Waals surface area contributed by atoms with Gasteiger partial charge in [0.15, 0.2) is 0 Å². The van der Waals surface area contributed by atoms with Gasteiger partial charge in [0.2, 0.25) is 0 Å². The lowest BCUT2D eigenvalue weighted by Crippen LogP contribution is -2.20. The van der Waals surface area contributed by atoms with Gasteiger partial charge in [0.05, 0.1) is 0 Å². The predicted octanol–water partition coefficient (Wildman–Crippen LogP) is 1.72. The topological polar surface area (TPSA) is 26.0 Å². The van der Waals surface area contributed by atoms with E-state index >= 15 is 0 Å². The molecule has 1 nitrogen and oxygen atoms in total. The van der Waals surface area contributed by atoms with Gasteiger partial charge in [0.1, 0.15) is 5.67 Å². The Morgan fingerprint density at radius 3 is 1.70 bits per heavy atom. The Bertz CT molecular complexity index is 136. The summed E-state index contributed by atoms with van der Waals surface area (Å²) in [6.07, 6.45) is 0. The normalized spacial score (nSPS) is 37.8. The third-order valence-corrected chi connectivity index (χ3v) is 2.65. The third kappa shape index (κ3) is 0.947. The summed E-state index contributed by atoms with van der Waals surface area (Å²) in [5.41, 5.74) is 4.59. The van der Waals surface area contributed by atoms with Gasteiger partial charge < -0.3 is 5.73 Å². The number of hydrogen-bond donors (Lipinski definition) is 1. The molecule has 10 heavy (non-hydrogen) atoms. The van der Waals surface area contributed by atoms with Gasteiger partial charge in [-0.25, -0.2) is 4.39 Å². The fraction of sp³-hybridized carbons (Fsp3) is 1.00. The van der Waals surface area contributed by atoms with Gasteiger partial charge in [0, 0.05) is 12.0 Å². The van der Waals surface area contributed by atoms with Crippen LogP contribution in [-0.4, -0.2) is 11.7 Å². The highest BCUT2D eigenvalue weighted by Gasteiger charge is 2.62. The summed E-state index contributed by atoms with van der Waals surface area (Å²) < 4.78 is 13.2. The molecule has 2 N–H and O–H groups in total. The van der Waals surface area contributed by atoms with Crippen LogP contribution < -0.4 is 5.73 Å². The molecule has 0 unspecified atom stereocenters. The van der Waals surface area contributed by atoms with Crippen molar-refractivity contribution in [3.05, 3.63) is 0 Å². The Hall–Kier alpha value is -0.110. The van der Waals surface area contributed by atoms with Crippen LogP contribution in [0.2, 0.25) is 0 Å². The Balaban J connectivity index is 2.66. The number of nitrogens with two attached hydrogens (primary N) is 1. The summed E-state index contributed by atoms with van der Waals surface area (Å²) in [5.74, 6) is 0.0417. The van der Waals surface area contributed by atoms with Gasteiger partial charge in [-0.15, -0.1) is 0 Å². The smallest absolute Gasteiger partial charge is 0.110 e. The molecule has 60 valence electrons. The third-order valence-electron chi connectivity index (χ3n) is 2.65. The van der Waals surface area contributed by atoms with Gasteiger partial charge in [-0.05, 0) is 19.3 Å². The zero-order valence-electron chi connectivity index (χ0n) is 7.11. The zero-order valence-corrected chi connectivity index (χ0v) is 7.11. The van der Waals surface area contributed by atoms with Gasteiger partial charge in [-0.1, -0.05) is 13.8 Å². The molecular weight excluding hydrogens is 129 g/mol. The summed E-state index contributed by atoms with van der Waals surface area (Å²) in [4.78, 5) is 0. The molecule has 0 aliphatic heterocycles. The molecule has 0 saturated heterocycles. The molecule has 1 rings (SSSR count). The second kappa shape index (κ2) is 1.73. The maximum Gasteiger partial charge on any atom is 0.110 e. The average Bonchev–Trinajstić information content (AvgIpc) is 2.03. The fourth-order valence-electron chi connectivity index (χ4n) is 1.99. The molecule has 1 fully saturated rings. The molecule has 1 aliphatic carbocycles. The van der Waals surface area contributed by atoms with Crippen LogP contribution in [0.1, 0.15) is 27.7 Å². The molecule has 2 atom stereocenters. The molecule has 0 amide bonds. The molecule has 0 bridgehead atoms. The highest BCUT2D eigenvalue weighted by Crippen LogP contribution is 2.56. The number of rotatable bonds is 1. The van der Waals surface area contributed by atoms with E-state index in [1.54, 1.807) is 13.8 Å². The second-order valence-corrected chi connectivity index (χ2v) is 4.39. The molecule has 0 spiro atoms. The first-order valence-electron chi connectivity index (χ1n) is 3.72. The van der Waals surface area contributed by atoms with Crippen LogP contribution in [-0.2, 0) is 0 Å². The van der Waals surface area contributed by atoms with Crippen LogP contribution >= 0.6 is 0 Å². The highest BCUT2D eigenvalue weighted by atomic mass is 19.1. The van der Waals surface area contributed by atoms with E-state index in [1.165, 1.54) is 0 Å². The molecule has 0 heterocycles. The van der Waals surface area contributed by atoms with E-state index in [1.807, 2.05) is 13.8 Å². The highest BCUT2D eigenvalue weighted by molar-refractivity contribution is 5.14. The van der Waals surface area contributed by atoms with Crippen molar-refractivity contribution in [1.29, 1.82) is 0 Å². The van der Waals surface area contributed by atoms with Gasteiger partial charge >= 0.3 is 0 Å². The van der Waals surface area contributed by atoms with Crippen molar-refractivity contribution in [2.45, 2.75) is 39.4 Å². The Labute approximate surface area is 61.8 Å². The van der Waals surface area contributed by atoms with Crippen LogP contribution in [0.15, 0.2) is 0 Å². The van der Waals surface area contributed by atoms with Gasteiger partial charge in [-0.2, -0.15) is 0 Å². The van der Waals surface area contributed by atoms with Gasteiger partial charge in [0.25, 0.3) is 0 Å². The molecule has 1 aliphatic rings. The summed E-state index contributed by atoms with van der Waals surface area (Å²) in [6, 6.07) is 0.0486. The number of alkyl halides is 1. The fourth-order valence-corrected chi connectivity index (χ4v) is 1.99. The first-order chi connectivity index (χ1) is 4.28. The van der Waals surface area contributed by atoms with Crippen molar-refractivity contribution < 1.29 is 4.39 Å². The second-order valence-electron chi connectivity index (χ2n) is 4.39. The molecule has 0 aromatic carbocycles. The molecular formula is C8H16FN. The first-order valence-corrected chi connectivity index (χ1v) is 3.72. The van der Waals surface area contributed by atoms with Crippen molar-refractivity contribution in [3.63, 3.8) is 0 Å². The zero-order chi connectivity index (χ0) is 8.15. The first kappa shape index (κ1) is 7.99. The SMILES string of the molecule is CC(C)(F)[C@@H]1[C@@H](N)C1(C)C. The monoisotopic (exact) mass is 145 g/mol. The summed E-state index contributed by atoms with van der Waals surface area (Å²) >= 11 is 0. The maximum atomic E-state index is 13.2. The predicted molar refractivity (Wildman–Crippen MR) is 40.4 cm³/mol. The van der Waals surface area contributed by atoms with E-state index in [4.69, 9.17) is 5.73 Å². The van der Waals surface area contributed by atoms with E-state index in [9.17, 15) is 4.39 Å². The molecule has 2 heteroatoms. The molecule has 1 saturated carbocycles. The van der Waals surface area contributed by atoms with Crippen molar-refractivity contribution in [1.82, 2.24) is 0 Å². The van der Waals surface area contributed by atoms with Crippen LogP contribution in [0.4, 0.5) is 4.39 Å². The minimum Gasteiger partial charge on any atom is -0.327 e. The van der Waals surface area contributed by atoms with Crippen molar-refractivity contribution in [2.24, 2.45) is 17.1 Å². The standard InChI is InChI=1S/C8H16FN/c1-7(2)5(6(7)10)8(3,4)9/h5-6H,10H2,1-4H3/t5-,6-/m1/s1. The minimum atomic E-state index is -1.11.